The molecule has 0 radical (unpaired) electrons. The molecule has 2 fully saturated rings. The highest BCUT2D eigenvalue weighted by molar-refractivity contribution is 5.73. The third-order valence-corrected chi connectivity index (χ3v) is 7.03. The Morgan fingerprint density at radius 1 is 1.16 bits per heavy atom. The van der Waals surface area contributed by atoms with Crippen LogP contribution in [0.25, 0.3) is 0 Å². The standard InChI is InChI=1S/C26H31FO4/c1-3-26(10-9-25(2,17-26)15-19-13-23(19)24(28)29)30-16-18-11-20(27)14-22(12-18)31-21-7-5-4-6-8-21/h4-8,11-12,14,19,23H,3,9-10,13,15-17H2,1-2H3,(H,28,29). The van der Waals surface area contributed by atoms with Gasteiger partial charge in [0.05, 0.1) is 18.1 Å². The van der Waals surface area contributed by atoms with E-state index in [1.165, 1.54) is 12.1 Å². The van der Waals surface area contributed by atoms with Gasteiger partial charge in [0.2, 0.25) is 0 Å². The molecule has 0 heterocycles. The topological polar surface area (TPSA) is 55.8 Å². The van der Waals surface area contributed by atoms with Crippen LogP contribution in [0, 0.1) is 23.1 Å². The van der Waals surface area contributed by atoms with Crippen LogP contribution in [0.3, 0.4) is 0 Å². The van der Waals surface area contributed by atoms with Gasteiger partial charge in [0.25, 0.3) is 0 Å². The average Bonchev–Trinajstić information content (AvgIpc) is 3.41. The van der Waals surface area contributed by atoms with E-state index in [4.69, 9.17) is 9.47 Å². The molecule has 4 atom stereocenters. The Balaban J connectivity index is 1.39. The molecule has 0 spiro atoms. The molecule has 2 aliphatic carbocycles. The highest BCUT2D eigenvalue weighted by Gasteiger charge is 2.51. The second kappa shape index (κ2) is 8.62. The molecular weight excluding hydrogens is 395 g/mol. The van der Waals surface area contributed by atoms with Gasteiger partial charge < -0.3 is 14.6 Å². The average molecular weight is 427 g/mol. The van der Waals surface area contributed by atoms with Crippen molar-refractivity contribution in [1.29, 1.82) is 0 Å². The molecule has 166 valence electrons. The minimum atomic E-state index is -0.663. The zero-order valence-corrected chi connectivity index (χ0v) is 18.3. The lowest BCUT2D eigenvalue weighted by Gasteiger charge is -2.32. The SMILES string of the molecule is CCC1(OCc2cc(F)cc(Oc3ccccc3)c2)CCC(C)(CC2CC2C(=O)O)C1. The number of carboxylic acid groups (broad SMARTS) is 1. The summed E-state index contributed by atoms with van der Waals surface area (Å²) in [5.41, 5.74) is 0.615. The van der Waals surface area contributed by atoms with Crippen LogP contribution in [0.2, 0.25) is 0 Å². The van der Waals surface area contributed by atoms with E-state index in [1.807, 2.05) is 36.4 Å². The number of hydrogen-bond donors (Lipinski definition) is 1. The fourth-order valence-corrected chi connectivity index (χ4v) is 5.22. The fourth-order valence-electron chi connectivity index (χ4n) is 5.22. The minimum absolute atomic E-state index is 0.106. The molecule has 0 aliphatic heterocycles. The van der Waals surface area contributed by atoms with Crippen LogP contribution in [0.4, 0.5) is 4.39 Å². The van der Waals surface area contributed by atoms with Crippen molar-refractivity contribution in [2.24, 2.45) is 17.3 Å². The summed E-state index contributed by atoms with van der Waals surface area (Å²) < 4.78 is 26.4. The van der Waals surface area contributed by atoms with E-state index in [9.17, 15) is 14.3 Å². The van der Waals surface area contributed by atoms with Crippen LogP contribution in [0.5, 0.6) is 11.5 Å². The van der Waals surface area contributed by atoms with E-state index in [0.29, 0.717) is 24.0 Å². The van der Waals surface area contributed by atoms with Crippen molar-refractivity contribution in [2.75, 3.05) is 0 Å². The lowest BCUT2D eigenvalue weighted by molar-refractivity contribution is -0.138. The van der Waals surface area contributed by atoms with Crippen LogP contribution in [-0.4, -0.2) is 16.7 Å². The molecule has 2 saturated carbocycles. The van der Waals surface area contributed by atoms with Crippen molar-refractivity contribution in [3.05, 3.63) is 59.9 Å². The van der Waals surface area contributed by atoms with Crippen molar-refractivity contribution < 1.29 is 23.8 Å². The van der Waals surface area contributed by atoms with Gasteiger partial charge in [0.1, 0.15) is 17.3 Å². The van der Waals surface area contributed by atoms with Crippen molar-refractivity contribution in [3.63, 3.8) is 0 Å². The van der Waals surface area contributed by atoms with Crippen LogP contribution >= 0.6 is 0 Å². The molecule has 0 aromatic heterocycles. The quantitative estimate of drug-likeness (QED) is 0.492. The Bertz CT molecular complexity index is 930. The minimum Gasteiger partial charge on any atom is -0.481 e. The van der Waals surface area contributed by atoms with E-state index in [0.717, 1.165) is 44.1 Å². The first-order chi connectivity index (χ1) is 14.8. The van der Waals surface area contributed by atoms with E-state index >= 15 is 0 Å². The summed E-state index contributed by atoms with van der Waals surface area (Å²) in [6, 6.07) is 14.0. The number of benzene rings is 2. The van der Waals surface area contributed by atoms with Gasteiger partial charge in [0.15, 0.2) is 0 Å². The number of carbonyl (C=O) groups is 1. The molecule has 0 bridgehead atoms. The molecule has 2 aromatic rings. The Morgan fingerprint density at radius 3 is 2.61 bits per heavy atom. The van der Waals surface area contributed by atoms with Crippen LogP contribution < -0.4 is 4.74 Å². The second-order valence-electron chi connectivity index (χ2n) is 9.67. The van der Waals surface area contributed by atoms with Gasteiger partial charge in [-0.1, -0.05) is 32.0 Å². The van der Waals surface area contributed by atoms with Crippen molar-refractivity contribution >= 4 is 5.97 Å². The summed E-state index contributed by atoms with van der Waals surface area (Å²) in [6.45, 7) is 4.73. The van der Waals surface area contributed by atoms with Crippen molar-refractivity contribution in [3.8, 4) is 11.5 Å². The Labute approximate surface area is 183 Å². The van der Waals surface area contributed by atoms with E-state index in [-0.39, 0.29) is 22.8 Å². The lowest BCUT2D eigenvalue weighted by Crippen LogP contribution is -2.30. The summed E-state index contributed by atoms with van der Waals surface area (Å²) in [6.07, 6.45) is 5.55. The number of para-hydroxylation sites is 1. The molecule has 4 unspecified atom stereocenters. The third kappa shape index (κ3) is 5.27. The predicted molar refractivity (Wildman–Crippen MR) is 117 cm³/mol. The Hall–Kier alpha value is -2.40. The molecule has 5 heteroatoms. The zero-order chi connectivity index (χ0) is 22.1. The maximum absolute atomic E-state index is 14.2. The number of halogens is 1. The molecule has 0 saturated heterocycles. The predicted octanol–water partition coefficient (Wildman–Crippen LogP) is 6.58. The molecule has 31 heavy (non-hydrogen) atoms. The summed E-state index contributed by atoms with van der Waals surface area (Å²) in [4.78, 5) is 11.2. The highest BCUT2D eigenvalue weighted by Crippen LogP contribution is 2.56. The number of hydrogen-bond acceptors (Lipinski definition) is 3. The zero-order valence-electron chi connectivity index (χ0n) is 18.3. The summed E-state index contributed by atoms with van der Waals surface area (Å²) in [5, 5.41) is 9.21. The van der Waals surface area contributed by atoms with Gasteiger partial charge >= 0.3 is 5.97 Å². The van der Waals surface area contributed by atoms with Crippen molar-refractivity contribution in [2.45, 2.75) is 64.6 Å². The van der Waals surface area contributed by atoms with Gasteiger partial charge in [-0.2, -0.15) is 0 Å². The van der Waals surface area contributed by atoms with Gasteiger partial charge in [0, 0.05) is 6.07 Å². The first kappa shape index (κ1) is 21.8. The number of rotatable bonds is 9. The largest absolute Gasteiger partial charge is 0.481 e. The highest BCUT2D eigenvalue weighted by atomic mass is 19.1. The van der Waals surface area contributed by atoms with Gasteiger partial charge in [-0.3, -0.25) is 4.79 Å². The molecule has 0 amide bonds. The lowest BCUT2D eigenvalue weighted by atomic mass is 9.80. The van der Waals surface area contributed by atoms with Gasteiger partial charge in [-0.25, -0.2) is 4.39 Å². The number of aliphatic carboxylic acids is 1. The number of ether oxygens (including phenoxy) is 2. The van der Waals surface area contributed by atoms with Crippen molar-refractivity contribution in [1.82, 2.24) is 0 Å². The Kier molecular flexibility index (Phi) is 6.07. The number of carboxylic acids is 1. The molecule has 4 nitrogen and oxygen atoms in total. The molecule has 4 rings (SSSR count). The fraction of sp³-hybridized carbons (Fsp3) is 0.500. The second-order valence-corrected chi connectivity index (χ2v) is 9.67. The van der Waals surface area contributed by atoms with E-state index in [1.54, 1.807) is 0 Å². The maximum Gasteiger partial charge on any atom is 0.306 e. The molecular formula is C26H31FO4. The first-order valence-electron chi connectivity index (χ1n) is 11.2. The van der Waals surface area contributed by atoms with E-state index in [2.05, 4.69) is 13.8 Å². The smallest absolute Gasteiger partial charge is 0.306 e. The third-order valence-electron chi connectivity index (χ3n) is 7.03. The normalized spacial score (nSPS) is 29.6. The Morgan fingerprint density at radius 2 is 1.94 bits per heavy atom. The van der Waals surface area contributed by atoms with Crippen LogP contribution in [-0.2, 0) is 16.1 Å². The van der Waals surface area contributed by atoms with Crippen LogP contribution in [0.1, 0.15) is 57.9 Å². The van der Waals surface area contributed by atoms with Gasteiger partial charge in [-0.15, -0.1) is 0 Å². The summed E-state index contributed by atoms with van der Waals surface area (Å²) in [5.74, 6) is 0.253. The molecule has 2 aromatic carbocycles. The monoisotopic (exact) mass is 426 g/mol. The molecule has 1 N–H and O–H groups in total. The van der Waals surface area contributed by atoms with Crippen LogP contribution in [0.15, 0.2) is 48.5 Å². The summed E-state index contributed by atoms with van der Waals surface area (Å²) >= 11 is 0. The first-order valence-corrected chi connectivity index (χ1v) is 11.2. The van der Waals surface area contributed by atoms with E-state index < -0.39 is 5.97 Å². The maximum atomic E-state index is 14.2. The summed E-state index contributed by atoms with van der Waals surface area (Å²) in [7, 11) is 0. The molecule has 2 aliphatic rings. The van der Waals surface area contributed by atoms with Gasteiger partial charge in [-0.05, 0) is 79.7 Å².